The van der Waals surface area contributed by atoms with E-state index in [0.29, 0.717) is 30.6 Å². The second kappa shape index (κ2) is 11.1. The van der Waals surface area contributed by atoms with Gasteiger partial charge in [-0.1, -0.05) is 48.5 Å². The number of para-hydroxylation sites is 1. The minimum Gasteiger partial charge on any atom is -0.465 e. The highest BCUT2D eigenvalue weighted by molar-refractivity contribution is 6.05. The Morgan fingerprint density at radius 2 is 1.82 bits per heavy atom. The van der Waals surface area contributed by atoms with Crippen molar-refractivity contribution in [3.05, 3.63) is 72.4 Å². The highest BCUT2D eigenvalue weighted by Gasteiger charge is 2.50. The summed E-state index contributed by atoms with van der Waals surface area (Å²) in [7, 11) is 0. The fraction of sp³-hybridized carbons (Fsp3) is 0.400. The molecule has 2 aliphatic rings. The number of amides is 3. The van der Waals surface area contributed by atoms with Crippen molar-refractivity contribution >= 4 is 34.7 Å². The molecule has 0 spiro atoms. The average molecular weight is 547 g/mol. The van der Waals surface area contributed by atoms with Crippen molar-refractivity contribution in [2.24, 2.45) is 5.92 Å². The van der Waals surface area contributed by atoms with Crippen LogP contribution in [0.2, 0.25) is 0 Å². The third-order valence-electron chi connectivity index (χ3n) is 7.27. The predicted molar refractivity (Wildman–Crippen MR) is 148 cm³/mol. The van der Waals surface area contributed by atoms with Crippen LogP contribution in [-0.4, -0.2) is 68.9 Å². The number of piperidine rings is 2. The van der Waals surface area contributed by atoms with Gasteiger partial charge in [0.1, 0.15) is 18.2 Å². The molecule has 40 heavy (non-hydrogen) atoms. The Labute approximate surface area is 233 Å². The summed E-state index contributed by atoms with van der Waals surface area (Å²) in [4.78, 5) is 52.9. The second-order valence-corrected chi connectivity index (χ2v) is 11.2. The molecule has 2 fully saturated rings. The summed E-state index contributed by atoms with van der Waals surface area (Å²) in [6, 6.07) is 17.3. The molecule has 3 atom stereocenters. The van der Waals surface area contributed by atoms with E-state index in [1.165, 1.54) is 0 Å². The SMILES string of the molecule is CC(C)(C)OC(=O)N(OCc1ccccc1)[C@@H]1C[C@H]2CCN(c3cccc4cccnc34)C(=O)[C@H]2N(C(=O)O)C1. The van der Waals surface area contributed by atoms with E-state index in [1.54, 1.807) is 31.9 Å². The first kappa shape index (κ1) is 27.4. The van der Waals surface area contributed by atoms with E-state index in [4.69, 9.17) is 9.57 Å². The largest absolute Gasteiger partial charge is 0.465 e. The van der Waals surface area contributed by atoms with Crippen LogP contribution >= 0.6 is 0 Å². The molecule has 1 aromatic heterocycles. The number of fused-ring (bicyclic) bond motifs is 2. The third-order valence-corrected chi connectivity index (χ3v) is 7.27. The van der Waals surface area contributed by atoms with E-state index in [2.05, 4.69) is 4.98 Å². The maximum atomic E-state index is 13.9. The number of ether oxygens (including phenoxy) is 1. The number of carbonyl (C=O) groups is 3. The zero-order chi connectivity index (χ0) is 28.4. The molecule has 10 nitrogen and oxygen atoms in total. The fourth-order valence-electron chi connectivity index (χ4n) is 5.57. The summed E-state index contributed by atoms with van der Waals surface area (Å²) in [5.74, 6) is -0.587. The molecule has 2 saturated heterocycles. The number of benzene rings is 2. The van der Waals surface area contributed by atoms with Gasteiger partial charge in [0.2, 0.25) is 5.91 Å². The van der Waals surface area contributed by atoms with Crippen LogP contribution in [-0.2, 0) is 21.0 Å². The summed E-state index contributed by atoms with van der Waals surface area (Å²) in [5.41, 5.74) is 1.43. The quantitative estimate of drug-likeness (QED) is 0.444. The van der Waals surface area contributed by atoms with Crippen LogP contribution in [0, 0.1) is 5.92 Å². The normalized spacial score (nSPS) is 21.2. The van der Waals surface area contributed by atoms with Gasteiger partial charge in [0.15, 0.2) is 0 Å². The molecule has 10 heteroatoms. The van der Waals surface area contributed by atoms with Crippen LogP contribution in [0.4, 0.5) is 15.3 Å². The molecule has 0 bridgehead atoms. The van der Waals surface area contributed by atoms with Gasteiger partial charge in [-0.15, -0.1) is 0 Å². The lowest BCUT2D eigenvalue weighted by atomic mass is 9.80. The van der Waals surface area contributed by atoms with E-state index < -0.39 is 29.9 Å². The van der Waals surface area contributed by atoms with E-state index in [-0.39, 0.29) is 25.0 Å². The number of rotatable bonds is 5. The lowest BCUT2D eigenvalue weighted by Crippen LogP contribution is -2.65. The minimum absolute atomic E-state index is 0.0854. The first-order chi connectivity index (χ1) is 19.1. The summed E-state index contributed by atoms with van der Waals surface area (Å²) >= 11 is 0. The molecule has 3 aromatic rings. The van der Waals surface area contributed by atoms with Gasteiger partial charge in [0.25, 0.3) is 0 Å². The summed E-state index contributed by atoms with van der Waals surface area (Å²) in [5, 5.41) is 12.3. The van der Waals surface area contributed by atoms with E-state index in [1.807, 2.05) is 60.7 Å². The molecule has 3 amide bonds. The van der Waals surface area contributed by atoms with E-state index in [9.17, 15) is 19.5 Å². The van der Waals surface area contributed by atoms with Gasteiger partial charge in [-0.3, -0.25) is 19.5 Å². The molecule has 210 valence electrons. The highest BCUT2D eigenvalue weighted by atomic mass is 16.7. The zero-order valence-electron chi connectivity index (χ0n) is 22.9. The standard InChI is InChI=1S/C30H34N4O6/c1-30(2,3)40-29(38)34(39-19-20-9-5-4-6-10-20)23-17-22-14-16-32(27(35)26(22)33(18-23)28(36)37)24-13-7-11-21-12-8-15-31-25(21)24/h4-13,15,22-23,26H,14,16-19H2,1-3H3,(H,36,37)/t22-,23-,26+/m1/s1. The number of hydrogen-bond donors (Lipinski definition) is 1. The fourth-order valence-corrected chi connectivity index (χ4v) is 5.57. The molecule has 0 aliphatic carbocycles. The Bertz CT molecular complexity index is 1390. The molecule has 2 aliphatic heterocycles. The van der Waals surface area contributed by atoms with Gasteiger partial charge in [0, 0.05) is 24.7 Å². The van der Waals surface area contributed by atoms with Gasteiger partial charge in [-0.25, -0.2) is 9.59 Å². The number of carboxylic acid groups (broad SMARTS) is 1. The number of likely N-dealkylation sites (tertiary alicyclic amines) is 1. The Balaban J connectivity index is 1.41. The van der Waals surface area contributed by atoms with Crippen molar-refractivity contribution in [2.75, 3.05) is 18.0 Å². The van der Waals surface area contributed by atoms with Crippen LogP contribution in [0.5, 0.6) is 0 Å². The lowest BCUT2D eigenvalue weighted by molar-refractivity contribution is -0.193. The van der Waals surface area contributed by atoms with Crippen LogP contribution in [0.3, 0.4) is 0 Å². The van der Waals surface area contributed by atoms with Crippen molar-refractivity contribution in [2.45, 2.75) is 57.9 Å². The van der Waals surface area contributed by atoms with Crippen molar-refractivity contribution in [3.8, 4) is 0 Å². The Hall–Kier alpha value is -4.18. The van der Waals surface area contributed by atoms with Gasteiger partial charge < -0.3 is 14.7 Å². The number of aromatic nitrogens is 1. The van der Waals surface area contributed by atoms with E-state index >= 15 is 0 Å². The Morgan fingerprint density at radius 3 is 2.55 bits per heavy atom. The first-order valence-corrected chi connectivity index (χ1v) is 13.5. The number of carbonyl (C=O) groups excluding carboxylic acids is 2. The van der Waals surface area contributed by atoms with Crippen LogP contribution in [0.25, 0.3) is 10.9 Å². The number of hydroxylamine groups is 2. The minimum atomic E-state index is -1.22. The summed E-state index contributed by atoms with van der Waals surface area (Å²) in [6.45, 7) is 5.72. The molecule has 1 N–H and O–H groups in total. The molecule has 0 saturated carbocycles. The Kier molecular flexibility index (Phi) is 7.62. The molecule has 3 heterocycles. The zero-order valence-corrected chi connectivity index (χ0v) is 22.9. The topological polar surface area (TPSA) is 113 Å². The summed E-state index contributed by atoms with van der Waals surface area (Å²) in [6.07, 6.45) is 0.718. The Morgan fingerprint density at radius 1 is 1.07 bits per heavy atom. The number of pyridine rings is 1. The van der Waals surface area contributed by atoms with Crippen molar-refractivity contribution < 1.29 is 29.1 Å². The van der Waals surface area contributed by atoms with Crippen LogP contribution in [0.1, 0.15) is 39.2 Å². The van der Waals surface area contributed by atoms with Gasteiger partial charge >= 0.3 is 12.2 Å². The van der Waals surface area contributed by atoms with Crippen molar-refractivity contribution in [1.82, 2.24) is 14.9 Å². The monoisotopic (exact) mass is 546 g/mol. The van der Waals surface area contributed by atoms with Crippen LogP contribution < -0.4 is 4.90 Å². The molecule has 0 unspecified atom stereocenters. The highest BCUT2D eigenvalue weighted by Crippen LogP contribution is 2.37. The maximum Gasteiger partial charge on any atom is 0.434 e. The van der Waals surface area contributed by atoms with Crippen molar-refractivity contribution in [3.63, 3.8) is 0 Å². The van der Waals surface area contributed by atoms with Gasteiger partial charge in [-0.2, -0.15) is 5.06 Å². The molecular weight excluding hydrogens is 512 g/mol. The maximum absolute atomic E-state index is 13.9. The molecule has 5 rings (SSSR count). The average Bonchev–Trinajstić information content (AvgIpc) is 2.92. The summed E-state index contributed by atoms with van der Waals surface area (Å²) < 4.78 is 5.62. The molecular formula is C30H34N4O6. The van der Waals surface area contributed by atoms with Crippen molar-refractivity contribution in [1.29, 1.82) is 0 Å². The molecule has 2 aromatic carbocycles. The number of hydrogen-bond acceptors (Lipinski definition) is 6. The predicted octanol–water partition coefficient (Wildman–Crippen LogP) is 5.08. The molecule has 0 radical (unpaired) electrons. The smallest absolute Gasteiger partial charge is 0.434 e. The lowest BCUT2D eigenvalue weighted by Gasteiger charge is -2.49. The third kappa shape index (κ3) is 5.72. The van der Waals surface area contributed by atoms with Gasteiger partial charge in [0.05, 0.1) is 17.2 Å². The number of anilines is 1. The van der Waals surface area contributed by atoms with Gasteiger partial charge in [-0.05, 0) is 57.2 Å². The second-order valence-electron chi connectivity index (χ2n) is 11.2. The van der Waals surface area contributed by atoms with E-state index in [0.717, 1.165) is 20.9 Å². The van der Waals surface area contributed by atoms with Crippen LogP contribution in [0.15, 0.2) is 66.9 Å². The number of nitrogens with zero attached hydrogens (tertiary/aromatic N) is 4. The first-order valence-electron chi connectivity index (χ1n) is 13.5.